The molecule has 0 fully saturated rings. The smallest absolute Gasteiger partial charge is 0.145 e. The summed E-state index contributed by atoms with van der Waals surface area (Å²) in [4.78, 5) is 13.0. The lowest BCUT2D eigenvalue weighted by atomic mass is 10.1. The van der Waals surface area contributed by atoms with Gasteiger partial charge in [-0.05, 0) is 20.8 Å². The van der Waals surface area contributed by atoms with Gasteiger partial charge in [-0.1, -0.05) is 24.0 Å². The Bertz CT molecular complexity index is 199. The summed E-state index contributed by atoms with van der Waals surface area (Å²) < 4.78 is 0.344. The van der Waals surface area contributed by atoms with Crippen LogP contribution in [0.3, 0.4) is 0 Å². The van der Waals surface area contributed by atoms with Gasteiger partial charge in [-0.15, -0.1) is 0 Å². The molecule has 0 bridgehead atoms. The maximum atomic E-state index is 11.1. The zero-order valence-corrected chi connectivity index (χ0v) is 9.80. The van der Waals surface area contributed by atoms with E-state index in [0.717, 1.165) is 4.32 Å². The molecule has 0 N–H and O–H groups in total. The highest BCUT2D eigenvalue weighted by molar-refractivity contribution is 8.24. The highest BCUT2D eigenvalue weighted by Gasteiger charge is 2.26. The first-order chi connectivity index (χ1) is 5.27. The van der Waals surface area contributed by atoms with Crippen molar-refractivity contribution in [2.45, 2.75) is 25.5 Å². The average Bonchev–Trinajstić information content (AvgIpc) is 1.85. The van der Waals surface area contributed by atoms with Gasteiger partial charge < -0.3 is 4.90 Å². The summed E-state index contributed by atoms with van der Waals surface area (Å²) in [5.74, 6) is 0.150. The maximum Gasteiger partial charge on any atom is 0.145 e. The Hall–Kier alpha value is -0.0900. The van der Waals surface area contributed by atoms with Crippen molar-refractivity contribution in [1.82, 2.24) is 4.90 Å². The second-order valence-electron chi connectivity index (χ2n) is 3.33. The summed E-state index contributed by atoms with van der Waals surface area (Å²) in [7, 11) is 3.76. The van der Waals surface area contributed by atoms with Gasteiger partial charge in [0.05, 0.1) is 4.75 Å². The van der Waals surface area contributed by atoms with Gasteiger partial charge in [0.25, 0.3) is 0 Å². The first-order valence-corrected chi connectivity index (χ1v) is 4.91. The largest absolute Gasteiger partial charge is 0.364 e. The van der Waals surface area contributed by atoms with Crippen LogP contribution in [0.1, 0.15) is 20.8 Å². The number of hydrogen-bond donors (Lipinski definition) is 0. The zero-order valence-electron chi connectivity index (χ0n) is 8.17. The monoisotopic (exact) mass is 205 g/mol. The molecule has 0 unspecified atom stereocenters. The van der Waals surface area contributed by atoms with Crippen LogP contribution in [-0.2, 0) is 4.79 Å². The predicted octanol–water partition coefficient (Wildman–Crippen LogP) is 1.93. The molecular formula is C8H15NOS2. The van der Waals surface area contributed by atoms with E-state index in [4.69, 9.17) is 12.2 Å². The van der Waals surface area contributed by atoms with E-state index in [-0.39, 0.29) is 5.78 Å². The molecule has 4 heteroatoms. The van der Waals surface area contributed by atoms with Gasteiger partial charge in [0, 0.05) is 14.1 Å². The van der Waals surface area contributed by atoms with Crippen molar-refractivity contribution < 1.29 is 4.79 Å². The lowest BCUT2D eigenvalue weighted by Gasteiger charge is -2.23. The van der Waals surface area contributed by atoms with Crippen molar-refractivity contribution in [1.29, 1.82) is 0 Å². The molecule has 0 aliphatic carbocycles. The summed E-state index contributed by atoms with van der Waals surface area (Å²) in [5, 5.41) is 0. The van der Waals surface area contributed by atoms with Gasteiger partial charge in [0.15, 0.2) is 0 Å². The average molecular weight is 205 g/mol. The molecule has 12 heavy (non-hydrogen) atoms. The molecule has 0 aromatic rings. The van der Waals surface area contributed by atoms with Crippen LogP contribution in [-0.4, -0.2) is 33.8 Å². The number of carbonyl (C=O) groups excluding carboxylic acids is 1. The molecule has 0 aromatic heterocycles. The fourth-order valence-electron chi connectivity index (χ4n) is 0.381. The van der Waals surface area contributed by atoms with Gasteiger partial charge in [0.1, 0.15) is 10.1 Å². The summed E-state index contributed by atoms with van der Waals surface area (Å²) in [5.41, 5.74) is 0. The van der Waals surface area contributed by atoms with E-state index in [1.54, 1.807) is 6.92 Å². The van der Waals surface area contributed by atoms with Gasteiger partial charge in [-0.25, -0.2) is 0 Å². The Kier molecular flexibility index (Phi) is 4.20. The fraction of sp³-hybridized carbons (Fsp3) is 0.750. The van der Waals surface area contributed by atoms with E-state index in [2.05, 4.69) is 0 Å². The van der Waals surface area contributed by atoms with Crippen molar-refractivity contribution >= 4 is 34.1 Å². The molecule has 0 rings (SSSR count). The fourth-order valence-corrected chi connectivity index (χ4v) is 1.77. The molecular weight excluding hydrogens is 190 g/mol. The van der Waals surface area contributed by atoms with Gasteiger partial charge in [-0.3, -0.25) is 4.79 Å². The Morgan fingerprint density at radius 1 is 1.42 bits per heavy atom. The Balaban J connectivity index is 4.25. The number of thioether (sulfide) groups is 1. The second kappa shape index (κ2) is 4.23. The third kappa shape index (κ3) is 3.54. The normalized spacial score (nSPS) is 11.1. The minimum Gasteiger partial charge on any atom is -0.364 e. The number of hydrogen-bond acceptors (Lipinski definition) is 3. The van der Waals surface area contributed by atoms with E-state index in [9.17, 15) is 4.79 Å². The van der Waals surface area contributed by atoms with Crippen LogP contribution in [0.5, 0.6) is 0 Å². The summed E-state index contributed by atoms with van der Waals surface area (Å²) in [6, 6.07) is 0. The number of carbonyl (C=O) groups is 1. The third-order valence-corrected chi connectivity index (χ3v) is 3.51. The molecule has 2 nitrogen and oxygen atoms in total. The Labute approximate surface area is 83.7 Å². The molecule has 0 atom stereocenters. The number of ketones is 1. The highest BCUT2D eigenvalue weighted by atomic mass is 32.2. The maximum absolute atomic E-state index is 11.1. The third-order valence-electron chi connectivity index (χ3n) is 1.56. The van der Waals surface area contributed by atoms with E-state index >= 15 is 0 Å². The number of rotatable bonds is 2. The van der Waals surface area contributed by atoms with Crippen molar-refractivity contribution in [3.63, 3.8) is 0 Å². The van der Waals surface area contributed by atoms with Crippen LogP contribution >= 0.6 is 24.0 Å². The minimum absolute atomic E-state index is 0.150. The standard InChI is InChI=1S/C8H15NOS2/c1-6(10)8(2,3)12-7(11)9(4)5/h1-5H3. The van der Waals surface area contributed by atoms with Crippen LogP contribution in [0.2, 0.25) is 0 Å². The summed E-state index contributed by atoms with van der Waals surface area (Å²) >= 11 is 6.51. The first kappa shape index (κ1) is 11.9. The SMILES string of the molecule is CC(=O)C(C)(C)SC(=S)N(C)C. The van der Waals surface area contributed by atoms with Crippen LogP contribution in [0.15, 0.2) is 0 Å². The quantitative estimate of drug-likeness (QED) is 0.642. The van der Waals surface area contributed by atoms with Crippen LogP contribution in [0, 0.1) is 0 Å². The summed E-state index contributed by atoms with van der Waals surface area (Å²) in [6.07, 6.45) is 0. The molecule has 0 spiro atoms. The first-order valence-electron chi connectivity index (χ1n) is 3.68. The minimum atomic E-state index is -0.401. The number of nitrogens with zero attached hydrogens (tertiary/aromatic N) is 1. The van der Waals surface area contributed by atoms with Crippen LogP contribution < -0.4 is 0 Å². The van der Waals surface area contributed by atoms with Crippen molar-refractivity contribution in [3.05, 3.63) is 0 Å². The second-order valence-corrected chi connectivity index (χ2v) is 5.59. The molecule has 0 aliphatic heterocycles. The molecule has 0 aliphatic rings. The van der Waals surface area contributed by atoms with E-state index < -0.39 is 4.75 Å². The van der Waals surface area contributed by atoms with Gasteiger partial charge in [-0.2, -0.15) is 0 Å². The summed E-state index contributed by atoms with van der Waals surface area (Å²) in [6.45, 7) is 5.36. The van der Waals surface area contributed by atoms with E-state index in [1.807, 2.05) is 32.8 Å². The van der Waals surface area contributed by atoms with Gasteiger partial charge in [0.2, 0.25) is 0 Å². The predicted molar refractivity (Wildman–Crippen MR) is 58.6 cm³/mol. The van der Waals surface area contributed by atoms with Crippen molar-refractivity contribution in [2.75, 3.05) is 14.1 Å². The van der Waals surface area contributed by atoms with Crippen LogP contribution in [0.25, 0.3) is 0 Å². The Morgan fingerprint density at radius 2 is 1.83 bits per heavy atom. The molecule has 0 saturated carbocycles. The molecule has 0 amide bonds. The van der Waals surface area contributed by atoms with Crippen molar-refractivity contribution in [2.24, 2.45) is 0 Å². The number of Topliss-reactive ketones (excluding diaryl/α,β-unsaturated/α-hetero) is 1. The van der Waals surface area contributed by atoms with E-state index in [1.165, 1.54) is 11.8 Å². The van der Waals surface area contributed by atoms with Crippen molar-refractivity contribution in [3.8, 4) is 0 Å². The lowest BCUT2D eigenvalue weighted by Crippen LogP contribution is -2.30. The molecule has 0 radical (unpaired) electrons. The Morgan fingerprint density at radius 3 is 2.08 bits per heavy atom. The topological polar surface area (TPSA) is 20.3 Å². The zero-order chi connectivity index (χ0) is 9.94. The molecule has 0 saturated heterocycles. The van der Waals surface area contributed by atoms with Crippen LogP contribution in [0.4, 0.5) is 0 Å². The number of thiocarbonyl (C=S) groups is 1. The lowest BCUT2D eigenvalue weighted by molar-refractivity contribution is -0.118. The molecule has 0 heterocycles. The van der Waals surface area contributed by atoms with Gasteiger partial charge >= 0.3 is 0 Å². The highest BCUT2D eigenvalue weighted by Crippen LogP contribution is 2.27. The molecule has 70 valence electrons. The molecule has 0 aromatic carbocycles. The van der Waals surface area contributed by atoms with E-state index in [0.29, 0.717) is 0 Å².